The summed E-state index contributed by atoms with van der Waals surface area (Å²) in [6, 6.07) is 2.59. The summed E-state index contributed by atoms with van der Waals surface area (Å²) in [5.74, 6) is 1.08. The lowest BCUT2D eigenvalue weighted by molar-refractivity contribution is 0.371. The predicted molar refractivity (Wildman–Crippen MR) is 86.2 cm³/mol. The van der Waals surface area contributed by atoms with E-state index in [1.165, 1.54) is 30.5 Å². The summed E-state index contributed by atoms with van der Waals surface area (Å²) >= 11 is 0. The van der Waals surface area contributed by atoms with Crippen LogP contribution in [0.1, 0.15) is 36.1 Å². The highest BCUT2D eigenvalue weighted by Crippen LogP contribution is 2.31. The van der Waals surface area contributed by atoms with E-state index < -0.39 is 0 Å². The molecule has 1 aromatic heterocycles. The van der Waals surface area contributed by atoms with Gasteiger partial charge in [0.05, 0.1) is 5.56 Å². The molecule has 1 saturated heterocycles. The van der Waals surface area contributed by atoms with Crippen LogP contribution in [-0.2, 0) is 12.8 Å². The van der Waals surface area contributed by atoms with Crippen LogP contribution in [0.2, 0.25) is 0 Å². The zero-order valence-electron chi connectivity index (χ0n) is 13.0. The number of nitrogen functional groups attached to an aromatic ring is 1. The van der Waals surface area contributed by atoms with Gasteiger partial charge in [0.25, 0.3) is 0 Å². The Bertz CT molecular complexity index is 552. The normalized spacial score (nSPS) is 21.1. The number of aryl methyl sites for hydroxylation is 2. The molecular formula is C16H25N5. The van der Waals surface area contributed by atoms with E-state index in [2.05, 4.69) is 30.0 Å². The first-order valence-corrected chi connectivity index (χ1v) is 7.85. The maximum atomic E-state index is 7.91. The van der Waals surface area contributed by atoms with Crippen molar-refractivity contribution in [3.63, 3.8) is 0 Å². The van der Waals surface area contributed by atoms with Gasteiger partial charge in [0.1, 0.15) is 11.7 Å². The molecule has 5 nitrogen and oxygen atoms in total. The zero-order valence-corrected chi connectivity index (χ0v) is 13.0. The number of anilines is 1. The van der Waals surface area contributed by atoms with Gasteiger partial charge in [-0.2, -0.15) is 0 Å². The van der Waals surface area contributed by atoms with Crippen LogP contribution in [0.4, 0.5) is 5.82 Å². The van der Waals surface area contributed by atoms with Gasteiger partial charge in [0.2, 0.25) is 0 Å². The third-order valence-corrected chi connectivity index (χ3v) is 4.55. The van der Waals surface area contributed by atoms with Crippen molar-refractivity contribution < 1.29 is 0 Å². The number of hydrogen-bond donors (Lipinski definition) is 2. The number of nitrogens with zero attached hydrogens (tertiary/aromatic N) is 3. The van der Waals surface area contributed by atoms with Gasteiger partial charge in [-0.05, 0) is 57.8 Å². The summed E-state index contributed by atoms with van der Waals surface area (Å²) in [7, 11) is 4.22. The fourth-order valence-corrected chi connectivity index (χ4v) is 3.60. The highest BCUT2D eigenvalue weighted by Gasteiger charge is 2.29. The molecule has 1 fully saturated rings. The Morgan fingerprint density at radius 2 is 2.24 bits per heavy atom. The van der Waals surface area contributed by atoms with Crippen LogP contribution in [0.5, 0.6) is 0 Å². The second-order valence-electron chi connectivity index (χ2n) is 6.48. The Kier molecular flexibility index (Phi) is 3.85. The van der Waals surface area contributed by atoms with Gasteiger partial charge in [0.15, 0.2) is 0 Å². The molecular weight excluding hydrogens is 262 g/mol. The van der Waals surface area contributed by atoms with Crippen molar-refractivity contribution >= 4 is 11.7 Å². The average Bonchev–Trinajstić information content (AvgIpc) is 3.04. The zero-order chi connectivity index (χ0) is 15.0. The standard InChI is InChI=1S/C16H25N5/c1-20(2)10-12-6-4-8-21(12)16-13(15(17)18)9-11-5-3-7-14(11)19-16/h9,12H,3-8,10H2,1-2H3,(H3,17,18). The van der Waals surface area contributed by atoms with Crippen molar-refractivity contribution in [2.45, 2.75) is 38.1 Å². The fourth-order valence-electron chi connectivity index (χ4n) is 3.60. The van der Waals surface area contributed by atoms with Gasteiger partial charge in [-0.1, -0.05) is 0 Å². The van der Waals surface area contributed by atoms with Crippen molar-refractivity contribution in [3.8, 4) is 0 Å². The van der Waals surface area contributed by atoms with Crippen LogP contribution >= 0.6 is 0 Å². The molecule has 0 saturated carbocycles. The Balaban J connectivity index is 1.98. The largest absolute Gasteiger partial charge is 0.384 e. The highest BCUT2D eigenvalue weighted by atomic mass is 15.3. The molecule has 3 N–H and O–H groups in total. The molecule has 21 heavy (non-hydrogen) atoms. The highest BCUT2D eigenvalue weighted by molar-refractivity contribution is 6.00. The van der Waals surface area contributed by atoms with E-state index in [1.807, 2.05) is 0 Å². The first kappa shape index (κ1) is 14.3. The second kappa shape index (κ2) is 5.64. The lowest BCUT2D eigenvalue weighted by Gasteiger charge is -2.30. The third-order valence-electron chi connectivity index (χ3n) is 4.55. The fraction of sp³-hybridized carbons (Fsp3) is 0.625. The Morgan fingerprint density at radius 1 is 1.43 bits per heavy atom. The lowest BCUT2D eigenvalue weighted by Crippen LogP contribution is -2.39. The molecule has 0 bridgehead atoms. The Morgan fingerprint density at radius 3 is 2.95 bits per heavy atom. The minimum Gasteiger partial charge on any atom is -0.384 e. The molecule has 1 unspecified atom stereocenters. The Labute approximate surface area is 126 Å². The minimum atomic E-state index is 0.141. The maximum Gasteiger partial charge on any atom is 0.140 e. The third kappa shape index (κ3) is 2.75. The van der Waals surface area contributed by atoms with Gasteiger partial charge in [-0.15, -0.1) is 0 Å². The molecule has 5 heteroatoms. The van der Waals surface area contributed by atoms with Crippen LogP contribution < -0.4 is 10.6 Å². The van der Waals surface area contributed by atoms with Crippen molar-refractivity contribution in [1.29, 1.82) is 5.41 Å². The summed E-state index contributed by atoms with van der Waals surface area (Å²) in [5, 5.41) is 7.91. The molecule has 1 atom stereocenters. The van der Waals surface area contributed by atoms with Crippen LogP contribution in [0.15, 0.2) is 6.07 Å². The van der Waals surface area contributed by atoms with Crippen LogP contribution in [0.3, 0.4) is 0 Å². The van der Waals surface area contributed by atoms with Crippen molar-refractivity contribution in [2.24, 2.45) is 5.73 Å². The SMILES string of the molecule is CN(C)CC1CCCN1c1nc2c(cc1C(=N)N)CCC2. The number of pyridine rings is 1. The lowest BCUT2D eigenvalue weighted by atomic mass is 10.1. The number of amidine groups is 1. The average molecular weight is 287 g/mol. The number of nitrogens with one attached hydrogen (secondary N) is 1. The number of rotatable bonds is 4. The molecule has 114 valence electrons. The Hall–Kier alpha value is -1.62. The quantitative estimate of drug-likeness (QED) is 0.648. The van der Waals surface area contributed by atoms with E-state index in [9.17, 15) is 0 Å². The minimum absolute atomic E-state index is 0.141. The number of likely N-dealkylation sites (N-methyl/N-ethyl adjacent to an activating group) is 1. The van der Waals surface area contributed by atoms with Gasteiger partial charge < -0.3 is 15.5 Å². The van der Waals surface area contributed by atoms with Gasteiger partial charge in [-0.25, -0.2) is 4.98 Å². The van der Waals surface area contributed by atoms with E-state index in [1.54, 1.807) is 0 Å². The molecule has 2 aliphatic rings. The predicted octanol–water partition coefficient (Wildman–Crippen LogP) is 1.38. The van der Waals surface area contributed by atoms with E-state index in [4.69, 9.17) is 16.1 Å². The van der Waals surface area contributed by atoms with Crippen molar-refractivity contribution in [1.82, 2.24) is 9.88 Å². The monoisotopic (exact) mass is 287 g/mol. The number of aromatic nitrogens is 1. The van der Waals surface area contributed by atoms with E-state index in [0.717, 1.165) is 37.3 Å². The summed E-state index contributed by atoms with van der Waals surface area (Å²) in [6.07, 6.45) is 5.68. The molecule has 0 radical (unpaired) electrons. The maximum absolute atomic E-state index is 7.91. The van der Waals surface area contributed by atoms with Gasteiger partial charge >= 0.3 is 0 Å². The van der Waals surface area contributed by atoms with E-state index >= 15 is 0 Å². The molecule has 1 aliphatic carbocycles. The number of nitrogens with two attached hydrogens (primary N) is 1. The first-order chi connectivity index (χ1) is 10.1. The summed E-state index contributed by atoms with van der Waals surface area (Å²) in [5.41, 5.74) is 9.15. The topological polar surface area (TPSA) is 69.2 Å². The number of fused-ring (bicyclic) bond motifs is 1. The number of hydrogen-bond acceptors (Lipinski definition) is 4. The summed E-state index contributed by atoms with van der Waals surface area (Å²) < 4.78 is 0. The van der Waals surface area contributed by atoms with Crippen LogP contribution in [-0.4, -0.2) is 48.9 Å². The van der Waals surface area contributed by atoms with Crippen LogP contribution in [0, 0.1) is 5.41 Å². The van der Waals surface area contributed by atoms with E-state index in [0.29, 0.717) is 6.04 Å². The molecule has 2 heterocycles. The van der Waals surface area contributed by atoms with E-state index in [-0.39, 0.29) is 5.84 Å². The smallest absolute Gasteiger partial charge is 0.140 e. The molecule has 1 aliphatic heterocycles. The van der Waals surface area contributed by atoms with Crippen molar-refractivity contribution in [2.75, 3.05) is 32.1 Å². The molecule has 0 spiro atoms. The first-order valence-electron chi connectivity index (χ1n) is 7.85. The van der Waals surface area contributed by atoms with Gasteiger partial charge in [0, 0.05) is 24.8 Å². The van der Waals surface area contributed by atoms with Crippen molar-refractivity contribution in [3.05, 3.63) is 22.9 Å². The summed E-state index contributed by atoms with van der Waals surface area (Å²) in [6.45, 7) is 2.04. The summed E-state index contributed by atoms with van der Waals surface area (Å²) in [4.78, 5) is 9.50. The molecule has 3 rings (SSSR count). The van der Waals surface area contributed by atoms with Crippen LogP contribution in [0.25, 0.3) is 0 Å². The molecule has 0 amide bonds. The molecule has 0 aromatic carbocycles. The molecule has 1 aromatic rings. The second-order valence-corrected chi connectivity index (χ2v) is 6.48. The van der Waals surface area contributed by atoms with Gasteiger partial charge in [-0.3, -0.25) is 5.41 Å².